The van der Waals surface area contributed by atoms with Crippen molar-refractivity contribution in [3.8, 4) is 0 Å². The van der Waals surface area contributed by atoms with Gasteiger partial charge in [-0.25, -0.2) is 4.79 Å². The van der Waals surface area contributed by atoms with Gasteiger partial charge in [0, 0.05) is 6.54 Å². The van der Waals surface area contributed by atoms with Crippen molar-refractivity contribution in [2.45, 2.75) is 19.0 Å². The Kier molecular flexibility index (Phi) is 4.67. The minimum absolute atomic E-state index is 0.199. The van der Waals surface area contributed by atoms with Crippen LogP contribution in [0.1, 0.15) is 18.1 Å². The third-order valence-corrected chi connectivity index (χ3v) is 4.29. The molecule has 128 valence electrons. The second-order valence-electron chi connectivity index (χ2n) is 5.84. The molecule has 0 spiro atoms. The second kappa shape index (κ2) is 6.90. The van der Waals surface area contributed by atoms with E-state index in [9.17, 15) is 9.59 Å². The summed E-state index contributed by atoms with van der Waals surface area (Å²) in [5.74, 6) is -0.410. The molecule has 0 unspecified atom stereocenters. The van der Waals surface area contributed by atoms with Crippen molar-refractivity contribution < 1.29 is 9.59 Å². The fourth-order valence-corrected chi connectivity index (χ4v) is 2.79. The van der Waals surface area contributed by atoms with Crippen molar-refractivity contribution in [1.29, 1.82) is 0 Å². The molecule has 2 aromatic rings. The van der Waals surface area contributed by atoms with Gasteiger partial charge in [-0.15, -0.1) is 0 Å². The molecule has 1 aliphatic heterocycles. The Hall–Kier alpha value is -2.93. The first-order valence-corrected chi connectivity index (χ1v) is 8.22. The monoisotopic (exact) mass is 354 g/mol. The van der Waals surface area contributed by atoms with Gasteiger partial charge in [0.05, 0.1) is 0 Å². The molecule has 6 nitrogen and oxygen atoms in total. The number of nitrogens with one attached hydrogen (secondary N) is 3. The van der Waals surface area contributed by atoms with Crippen LogP contribution in [-0.2, 0) is 16.9 Å². The van der Waals surface area contributed by atoms with E-state index in [0.29, 0.717) is 12.1 Å². The topological polar surface area (TPSA) is 73.5 Å². The fraction of sp³-hybridized carbons (Fsp3) is 0.167. The number of carbonyl (C=O) groups is 2. The van der Waals surface area contributed by atoms with Crippen molar-refractivity contribution in [2.24, 2.45) is 0 Å². The number of hydrogen-bond donors (Lipinski definition) is 3. The largest absolute Gasteiger partial charge is 0.357 e. The molecule has 3 rings (SSSR count). The Morgan fingerprint density at radius 3 is 2.32 bits per heavy atom. The summed E-state index contributed by atoms with van der Waals surface area (Å²) in [7, 11) is 0. The van der Waals surface area contributed by atoms with Crippen molar-refractivity contribution in [1.82, 2.24) is 21.1 Å². The summed E-state index contributed by atoms with van der Waals surface area (Å²) >= 11 is 5.19. The van der Waals surface area contributed by atoms with Crippen LogP contribution in [0.5, 0.6) is 0 Å². The van der Waals surface area contributed by atoms with Gasteiger partial charge in [0.15, 0.2) is 5.11 Å². The Bertz CT molecular complexity index is 797. The fourth-order valence-electron chi connectivity index (χ4n) is 2.63. The van der Waals surface area contributed by atoms with E-state index in [0.717, 1.165) is 10.6 Å². The van der Waals surface area contributed by atoms with Crippen LogP contribution in [0, 0.1) is 0 Å². The number of hydrogen-bond acceptors (Lipinski definition) is 3. The van der Waals surface area contributed by atoms with Crippen LogP contribution in [0.15, 0.2) is 60.7 Å². The second-order valence-corrected chi connectivity index (χ2v) is 6.25. The van der Waals surface area contributed by atoms with Crippen LogP contribution in [0.3, 0.4) is 0 Å². The summed E-state index contributed by atoms with van der Waals surface area (Å²) in [5.41, 5.74) is 3.29. The molecule has 1 aliphatic rings. The number of urea groups is 1. The molecular formula is C18H18N4O2S. The van der Waals surface area contributed by atoms with Gasteiger partial charge in [0.25, 0.3) is 5.91 Å². The minimum atomic E-state index is -1.12. The number of benzene rings is 2. The Balaban J connectivity index is 1.66. The number of thiocarbonyl (C=S) groups is 1. The van der Waals surface area contributed by atoms with E-state index < -0.39 is 17.5 Å². The first-order chi connectivity index (χ1) is 12.0. The van der Waals surface area contributed by atoms with Gasteiger partial charge in [0.1, 0.15) is 5.54 Å². The highest BCUT2D eigenvalue weighted by Crippen LogP contribution is 2.27. The van der Waals surface area contributed by atoms with Crippen LogP contribution in [0.4, 0.5) is 4.79 Å². The predicted molar refractivity (Wildman–Crippen MR) is 98.2 cm³/mol. The molecule has 0 aliphatic carbocycles. The molecule has 1 saturated heterocycles. The first kappa shape index (κ1) is 16.9. The van der Waals surface area contributed by atoms with Gasteiger partial charge < -0.3 is 10.6 Å². The van der Waals surface area contributed by atoms with Crippen LogP contribution < -0.4 is 16.1 Å². The van der Waals surface area contributed by atoms with Gasteiger partial charge in [-0.05, 0) is 30.3 Å². The third kappa shape index (κ3) is 3.46. The van der Waals surface area contributed by atoms with Crippen molar-refractivity contribution in [3.63, 3.8) is 0 Å². The maximum atomic E-state index is 12.7. The Labute approximate surface area is 151 Å². The third-order valence-electron chi connectivity index (χ3n) is 4.05. The van der Waals surface area contributed by atoms with E-state index in [4.69, 9.17) is 12.2 Å². The van der Waals surface area contributed by atoms with E-state index >= 15 is 0 Å². The average molecular weight is 354 g/mol. The smallest absolute Gasteiger partial charge is 0.344 e. The Morgan fingerprint density at radius 2 is 1.68 bits per heavy atom. The van der Waals surface area contributed by atoms with Gasteiger partial charge in [0.2, 0.25) is 0 Å². The molecule has 1 atom stereocenters. The van der Waals surface area contributed by atoms with Crippen LogP contribution >= 0.6 is 12.2 Å². The van der Waals surface area contributed by atoms with Crippen LogP contribution in [-0.4, -0.2) is 22.1 Å². The molecule has 2 aromatic carbocycles. The number of carbonyl (C=O) groups excluding carboxylic acids is 2. The highest BCUT2D eigenvalue weighted by molar-refractivity contribution is 7.80. The molecule has 1 fully saturated rings. The molecule has 0 aromatic heterocycles. The standard InChI is InChI=1S/C18H18N4O2S/c1-18(14-10-6-3-7-11-14)15(23)22(17(24)20-18)21-16(25)19-12-13-8-4-2-5-9-13/h2-11H,12H2,1H3,(H,20,24)(H2,19,21,25)/t18-/m1/s1. The predicted octanol–water partition coefficient (Wildman–Crippen LogP) is 2.03. The van der Waals surface area contributed by atoms with Crippen molar-refractivity contribution in [3.05, 3.63) is 71.8 Å². The Morgan fingerprint density at radius 1 is 1.08 bits per heavy atom. The van der Waals surface area contributed by atoms with E-state index in [1.165, 1.54) is 0 Å². The van der Waals surface area contributed by atoms with E-state index in [2.05, 4.69) is 16.1 Å². The maximum absolute atomic E-state index is 12.7. The molecule has 3 amide bonds. The molecular weight excluding hydrogens is 336 g/mol. The van der Waals surface area contributed by atoms with Crippen LogP contribution in [0.2, 0.25) is 0 Å². The van der Waals surface area contributed by atoms with Crippen LogP contribution in [0.25, 0.3) is 0 Å². The molecule has 0 radical (unpaired) electrons. The lowest BCUT2D eigenvalue weighted by Crippen LogP contribution is -2.51. The molecule has 3 N–H and O–H groups in total. The maximum Gasteiger partial charge on any atom is 0.344 e. The van der Waals surface area contributed by atoms with E-state index in [-0.39, 0.29) is 5.11 Å². The van der Waals surface area contributed by atoms with Gasteiger partial charge in [-0.2, -0.15) is 5.01 Å². The van der Waals surface area contributed by atoms with Gasteiger partial charge in [-0.3, -0.25) is 10.2 Å². The van der Waals surface area contributed by atoms with E-state index in [1.54, 1.807) is 19.1 Å². The summed E-state index contributed by atoms with van der Waals surface area (Å²) in [5, 5.41) is 6.80. The molecule has 0 bridgehead atoms. The summed E-state index contributed by atoms with van der Waals surface area (Å²) in [6.45, 7) is 2.16. The molecule has 0 saturated carbocycles. The summed E-state index contributed by atoms with van der Waals surface area (Å²) < 4.78 is 0. The zero-order valence-corrected chi connectivity index (χ0v) is 14.5. The summed E-state index contributed by atoms with van der Waals surface area (Å²) in [4.78, 5) is 25.0. The normalized spacial score (nSPS) is 19.5. The van der Waals surface area contributed by atoms with Crippen molar-refractivity contribution in [2.75, 3.05) is 0 Å². The number of amides is 3. The lowest BCUT2D eigenvalue weighted by molar-refractivity contribution is -0.132. The minimum Gasteiger partial charge on any atom is -0.357 e. The highest BCUT2D eigenvalue weighted by atomic mass is 32.1. The number of nitrogens with zero attached hydrogens (tertiary/aromatic N) is 1. The number of rotatable bonds is 4. The molecule has 1 heterocycles. The lowest BCUT2D eigenvalue weighted by Gasteiger charge is -2.22. The first-order valence-electron chi connectivity index (χ1n) is 7.81. The molecule has 25 heavy (non-hydrogen) atoms. The SMILES string of the molecule is C[C@]1(c2ccccc2)NC(=O)N(NC(=S)NCc2ccccc2)C1=O. The summed E-state index contributed by atoms with van der Waals surface area (Å²) in [6.07, 6.45) is 0. The average Bonchev–Trinajstić information content (AvgIpc) is 2.86. The highest BCUT2D eigenvalue weighted by Gasteiger charge is 2.49. The lowest BCUT2D eigenvalue weighted by atomic mass is 9.92. The van der Waals surface area contributed by atoms with Crippen molar-refractivity contribution >= 4 is 29.3 Å². The van der Waals surface area contributed by atoms with Gasteiger partial charge in [-0.1, -0.05) is 60.7 Å². The number of hydrazine groups is 1. The molecule has 7 heteroatoms. The summed E-state index contributed by atoms with van der Waals surface area (Å²) in [6, 6.07) is 18.2. The zero-order valence-electron chi connectivity index (χ0n) is 13.7. The quantitative estimate of drug-likeness (QED) is 0.579. The zero-order chi connectivity index (χ0) is 17.9. The van der Waals surface area contributed by atoms with E-state index in [1.807, 2.05) is 48.5 Å². The number of imide groups is 1. The van der Waals surface area contributed by atoms with Gasteiger partial charge >= 0.3 is 6.03 Å².